The first-order valence-electron chi connectivity index (χ1n) is 8.27. The lowest BCUT2D eigenvalue weighted by molar-refractivity contribution is 0.0680. The van der Waals surface area contributed by atoms with Crippen molar-refractivity contribution < 1.29 is 9.47 Å². The number of nitrogens with one attached hydrogen (secondary N) is 1. The molecular formula is C17H32N2O2. The fraction of sp³-hybridized carbons (Fsp3) is 0.765. The normalized spacial score (nSPS) is 12.7. The van der Waals surface area contributed by atoms with Crippen LogP contribution in [-0.4, -0.2) is 38.0 Å². The van der Waals surface area contributed by atoms with Crippen LogP contribution < -0.4 is 5.32 Å². The molecule has 0 saturated heterocycles. The predicted molar refractivity (Wildman–Crippen MR) is 87.7 cm³/mol. The van der Waals surface area contributed by atoms with E-state index in [1.165, 1.54) is 24.8 Å². The fourth-order valence-corrected chi connectivity index (χ4v) is 2.39. The van der Waals surface area contributed by atoms with Crippen LogP contribution in [0.2, 0.25) is 0 Å². The van der Waals surface area contributed by atoms with Crippen LogP contribution in [0, 0.1) is 0 Å². The van der Waals surface area contributed by atoms with E-state index < -0.39 is 0 Å². The van der Waals surface area contributed by atoms with Crippen LogP contribution in [0.3, 0.4) is 0 Å². The molecule has 1 rings (SSSR count). The number of aromatic nitrogens is 1. The highest BCUT2D eigenvalue weighted by Crippen LogP contribution is 2.19. The summed E-state index contributed by atoms with van der Waals surface area (Å²) in [6.07, 6.45) is 9.08. The van der Waals surface area contributed by atoms with E-state index in [-0.39, 0.29) is 0 Å². The second kappa shape index (κ2) is 11.8. The molecule has 0 spiro atoms. The molecule has 0 radical (unpaired) electrons. The Kier molecular flexibility index (Phi) is 10.2. The molecule has 1 N–H and O–H groups in total. The van der Waals surface area contributed by atoms with Gasteiger partial charge in [0.25, 0.3) is 0 Å². The van der Waals surface area contributed by atoms with Crippen LogP contribution in [-0.2, 0) is 16.0 Å². The highest BCUT2D eigenvalue weighted by molar-refractivity contribution is 5.15. The van der Waals surface area contributed by atoms with Crippen molar-refractivity contribution in [2.45, 2.75) is 52.1 Å². The van der Waals surface area contributed by atoms with Crippen molar-refractivity contribution in [1.29, 1.82) is 0 Å². The molecule has 0 aliphatic rings. The second-order valence-corrected chi connectivity index (χ2v) is 5.44. The molecule has 1 unspecified atom stereocenters. The monoisotopic (exact) mass is 296 g/mol. The van der Waals surface area contributed by atoms with Crippen LogP contribution in [0.25, 0.3) is 0 Å². The molecular weight excluding hydrogens is 264 g/mol. The van der Waals surface area contributed by atoms with E-state index in [2.05, 4.69) is 42.2 Å². The van der Waals surface area contributed by atoms with Crippen molar-refractivity contribution in [2.75, 3.05) is 33.5 Å². The van der Waals surface area contributed by atoms with Gasteiger partial charge >= 0.3 is 0 Å². The fourth-order valence-electron chi connectivity index (χ4n) is 2.39. The van der Waals surface area contributed by atoms with E-state index >= 15 is 0 Å². The molecule has 1 aromatic heterocycles. The first-order valence-corrected chi connectivity index (χ1v) is 8.27. The molecule has 21 heavy (non-hydrogen) atoms. The van der Waals surface area contributed by atoms with Crippen molar-refractivity contribution in [1.82, 2.24) is 9.88 Å². The Balaban J connectivity index is 2.32. The summed E-state index contributed by atoms with van der Waals surface area (Å²) in [6, 6.07) is 2.74. The molecule has 1 aromatic rings. The topological polar surface area (TPSA) is 35.4 Å². The van der Waals surface area contributed by atoms with Gasteiger partial charge in [0.05, 0.1) is 13.2 Å². The van der Waals surface area contributed by atoms with Crippen LogP contribution >= 0.6 is 0 Å². The third-order valence-electron chi connectivity index (χ3n) is 3.53. The summed E-state index contributed by atoms with van der Waals surface area (Å²) in [6.45, 7) is 8.72. The maximum absolute atomic E-state index is 5.49. The summed E-state index contributed by atoms with van der Waals surface area (Å²) in [5.41, 5.74) is 1.41. The molecule has 1 heterocycles. The standard InChI is InChI=1S/C17H32N2O2/c1-4-7-17(18-9-5-2)16-8-11-19(15-16)10-6-12-21-14-13-20-3/h8,11,15,17-18H,4-7,9-10,12-14H2,1-3H3. The highest BCUT2D eigenvalue weighted by atomic mass is 16.5. The molecule has 4 nitrogen and oxygen atoms in total. The van der Waals surface area contributed by atoms with E-state index in [1.54, 1.807) is 7.11 Å². The van der Waals surface area contributed by atoms with Gasteiger partial charge in [-0.1, -0.05) is 20.3 Å². The van der Waals surface area contributed by atoms with E-state index in [9.17, 15) is 0 Å². The molecule has 0 aliphatic carbocycles. The molecule has 1 atom stereocenters. The summed E-state index contributed by atoms with van der Waals surface area (Å²) >= 11 is 0. The van der Waals surface area contributed by atoms with Crippen molar-refractivity contribution in [2.24, 2.45) is 0 Å². The van der Waals surface area contributed by atoms with Gasteiger partial charge in [0.2, 0.25) is 0 Å². The number of aryl methyl sites for hydroxylation is 1. The van der Waals surface area contributed by atoms with Gasteiger partial charge < -0.3 is 19.4 Å². The third kappa shape index (κ3) is 7.65. The zero-order chi connectivity index (χ0) is 15.3. The highest BCUT2D eigenvalue weighted by Gasteiger charge is 2.10. The third-order valence-corrected chi connectivity index (χ3v) is 3.53. The molecule has 0 aliphatic heterocycles. The number of nitrogens with zero attached hydrogens (tertiary/aromatic N) is 1. The number of hydrogen-bond donors (Lipinski definition) is 1. The van der Waals surface area contributed by atoms with Crippen LogP contribution in [0.1, 0.15) is 51.1 Å². The van der Waals surface area contributed by atoms with Gasteiger partial charge in [-0.05, 0) is 37.4 Å². The predicted octanol–water partition coefficient (Wildman–Crippen LogP) is 3.38. The maximum atomic E-state index is 5.49. The number of ether oxygens (including phenoxy) is 2. The van der Waals surface area contributed by atoms with Crippen LogP contribution in [0.5, 0.6) is 0 Å². The largest absolute Gasteiger partial charge is 0.382 e. The number of hydrogen-bond acceptors (Lipinski definition) is 3. The Morgan fingerprint density at radius 3 is 2.76 bits per heavy atom. The zero-order valence-corrected chi connectivity index (χ0v) is 13.9. The molecule has 0 amide bonds. The van der Waals surface area contributed by atoms with Gasteiger partial charge in [-0.25, -0.2) is 0 Å². The second-order valence-electron chi connectivity index (χ2n) is 5.44. The van der Waals surface area contributed by atoms with Gasteiger partial charge in [-0.15, -0.1) is 0 Å². The molecule has 0 bridgehead atoms. The van der Waals surface area contributed by atoms with Crippen LogP contribution in [0.15, 0.2) is 18.5 Å². The average Bonchev–Trinajstić information content (AvgIpc) is 2.96. The Bertz CT molecular complexity index is 352. The molecule has 0 aromatic carbocycles. The maximum Gasteiger partial charge on any atom is 0.0700 e. The smallest absolute Gasteiger partial charge is 0.0700 e. The summed E-state index contributed by atoms with van der Waals surface area (Å²) in [5.74, 6) is 0. The van der Waals surface area contributed by atoms with Gasteiger partial charge in [-0.3, -0.25) is 0 Å². The van der Waals surface area contributed by atoms with Gasteiger partial charge in [0.1, 0.15) is 0 Å². The number of methoxy groups -OCH3 is 1. The lowest BCUT2D eigenvalue weighted by Crippen LogP contribution is -2.21. The van der Waals surface area contributed by atoms with Gasteiger partial charge in [0.15, 0.2) is 0 Å². The summed E-state index contributed by atoms with van der Waals surface area (Å²) in [5, 5.41) is 3.64. The molecule has 0 fully saturated rings. The van der Waals surface area contributed by atoms with Crippen molar-refractivity contribution >= 4 is 0 Å². The van der Waals surface area contributed by atoms with E-state index in [0.717, 1.165) is 26.1 Å². The van der Waals surface area contributed by atoms with Gasteiger partial charge in [0, 0.05) is 38.7 Å². The summed E-state index contributed by atoms with van der Waals surface area (Å²) in [4.78, 5) is 0. The Labute approximate surface area is 129 Å². The summed E-state index contributed by atoms with van der Waals surface area (Å²) < 4.78 is 12.7. The number of rotatable bonds is 13. The Hall–Kier alpha value is -0.840. The quantitative estimate of drug-likeness (QED) is 0.567. The van der Waals surface area contributed by atoms with E-state index in [0.29, 0.717) is 19.3 Å². The van der Waals surface area contributed by atoms with Crippen LogP contribution in [0.4, 0.5) is 0 Å². The van der Waals surface area contributed by atoms with Crippen molar-refractivity contribution in [3.63, 3.8) is 0 Å². The van der Waals surface area contributed by atoms with Gasteiger partial charge in [-0.2, -0.15) is 0 Å². The minimum atomic E-state index is 0.495. The minimum absolute atomic E-state index is 0.495. The first-order chi connectivity index (χ1) is 10.3. The van der Waals surface area contributed by atoms with E-state index in [1.807, 2.05) is 0 Å². The van der Waals surface area contributed by atoms with Crippen molar-refractivity contribution in [3.8, 4) is 0 Å². The Morgan fingerprint density at radius 1 is 1.19 bits per heavy atom. The summed E-state index contributed by atoms with van der Waals surface area (Å²) in [7, 11) is 1.70. The first kappa shape index (κ1) is 18.2. The minimum Gasteiger partial charge on any atom is -0.382 e. The average molecular weight is 296 g/mol. The van der Waals surface area contributed by atoms with Crippen molar-refractivity contribution in [3.05, 3.63) is 24.0 Å². The SMILES string of the molecule is CCCNC(CCC)c1ccn(CCCOCCOC)c1. The molecule has 0 saturated carbocycles. The van der Waals surface area contributed by atoms with E-state index in [4.69, 9.17) is 9.47 Å². The molecule has 4 heteroatoms. The zero-order valence-electron chi connectivity index (χ0n) is 13.9. The lowest BCUT2D eigenvalue weighted by Gasteiger charge is -2.16. The lowest BCUT2D eigenvalue weighted by atomic mass is 10.1. The Morgan fingerprint density at radius 2 is 2.05 bits per heavy atom. The molecule has 122 valence electrons.